The molecule has 0 saturated carbocycles. The first-order valence-corrected chi connectivity index (χ1v) is 5.75. The van der Waals surface area contributed by atoms with Gasteiger partial charge in [0.15, 0.2) is 0 Å². The van der Waals surface area contributed by atoms with Crippen molar-refractivity contribution < 1.29 is 4.79 Å². The lowest BCUT2D eigenvalue weighted by molar-refractivity contribution is -0.121. The Morgan fingerprint density at radius 1 is 1.41 bits per heavy atom. The Balaban J connectivity index is 1.84. The van der Waals surface area contributed by atoms with Crippen LogP contribution < -0.4 is 10.2 Å². The van der Waals surface area contributed by atoms with Gasteiger partial charge in [0.25, 0.3) is 0 Å². The van der Waals surface area contributed by atoms with Crippen LogP contribution in [0.15, 0.2) is 12.7 Å². The molecule has 1 fully saturated rings. The Hall–Kier alpha value is -1.72. The molecule has 2 heterocycles. The second kappa shape index (κ2) is 5.56. The minimum Gasteiger partial charge on any atom is -0.353 e. The summed E-state index contributed by atoms with van der Waals surface area (Å²) in [5.74, 6) is 0.727. The van der Waals surface area contributed by atoms with Crippen LogP contribution >= 0.6 is 0 Å². The highest BCUT2D eigenvalue weighted by Crippen LogP contribution is 2.14. The predicted molar refractivity (Wildman–Crippen MR) is 63.2 cm³/mol. The predicted octanol–water partition coefficient (Wildman–Crippen LogP) is 0.181. The van der Waals surface area contributed by atoms with Gasteiger partial charge in [0, 0.05) is 25.6 Å². The van der Waals surface area contributed by atoms with E-state index in [1.807, 2.05) is 0 Å². The first-order valence-electron chi connectivity index (χ1n) is 5.75. The molecule has 1 aromatic heterocycles. The third kappa shape index (κ3) is 3.12. The molecule has 1 aliphatic heterocycles. The van der Waals surface area contributed by atoms with Crippen LogP contribution in [-0.4, -0.2) is 40.0 Å². The molecular weight excluding hydrogens is 218 g/mol. The van der Waals surface area contributed by atoms with E-state index in [1.54, 1.807) is 0 Å². The van der Waals surface area contributed by atoms with Gasteiger partial charge in [-0.3, -0.25) is 4.79 Å². The van der Waals surface area contributed by atoms with Gasteiger partial charge in [-0.1, -0.05) is 0 Å². The van der Waals surface area contributed by atoms with E-state index in [1.165, 1.54) is 12.7 Å². The van der Waals surface area contributed by atoms with Crippen molar-refractivity contribution in [2.24, 2.45) is 0 Å². The summed E-state index contributed by atoms with van der Waals surface area (Å²) < 4.78 is 0. The lowest BCUT2D eigenvalue weighted by atomic mass is 10.1. The molecule has 1 saturated heterocycles. The summed E-state index contributed by atoms with van der Waals surface area (Å²) in [5, 5.41) is 2.96. The normalized spacial score (nSPS) is 16.9. The second-order valence-corrected chi connectivity index (χ2v) is 4.02. The summed E-state index contributed by atoms with van der Waals surface area (Å²) in [6.07, 6.45) is 5.13. The molecule has 0 aromatic carbocycles. The molecule has 17 heavy (non-hydrogen) atoms. The topological polar surface area (TPSA) is 71.0 Å². The number of amides is 1. The van der Waals surface area contributed by atoms with Gasteiger partial charge < -0.3 is 10.2 Å². The number of anilines is 1. The van der Waals surface area contributed by atoms with E-state index in [0.717, 1.165) is 25.9 Å². The van der Waals surface area contributed by atoms with Crippen molar-refractivity contribution >= 4 is 11.9 Å². The van der Waals surface area contributed by atoms with E-state index in [-0.39, 0.29) is 11.9 Å². The molecule has 1 aliphatic rings. The van der Waals surface area contributed by atoms with Gasteiger partial charge in [-0.05, 0) is 19.8 Å². The number of nitrogens with zero attached hydrogens (tertiary/aromatic N) is 4. The number of carbonyl (C=O) groups excluding carboxylic acids is 1. The van der Waals surface area contributed by atoms with Gasteiger partial charge >= 0.3 is 0 Å². The zero-order chi connectivity index (χ0) is 12.1. The van der Waals surface area contributed by atoms with E-state index in [2.05, 4.69) is 32.1 Å². The Bertz CT molecular complexity index is 361. The molecule has 1 N–H and O–H groups in total. The van der Waals surface area contributed by atoms with Crippen LogP contribution in [0.4, 0.5) is 5.95 Å². The maximum absolute atomic E-state index is 11.2. The van der Waals surface area contributed by atoms with Crippen LogP contribution in [0.25, 0.3) is 0 Å². The summed E-state index contributed by atoms with van der Waals surface area (Å²) in [7, 11) is 0. The van der Waals surface area contributed by atoms with Gasteiger partial charge in [0.2, 0.25) is 11.9 Å². The maximum atomic E-state index is 11.2. The lowest BCUT2D eigenvalue weighted by Crippen LogP contribution is -2.45. The SMILES string of the molecule is [CH2]CC(=O)NC1CCN(c2ncncn2)CC1. The molecule has 0 aliphatic carbocycles. The molecule has 1 radical (unpaired) electrons. The van der Waals surface area contributed by atoms with Crippen LogP contribution in [0.1, 0.15) is 19.3 Å². The van der Waals surface area contributed by atoms with E-state index in [4.69, 9.17) is 0 Å². The van der Waals surface area contributed by atoms with Crippen molar-refractivity contribution in [3.8, 4) is 0 Å². The van der Waals surface area contributed by atoms with E-state index < -0.39 is 0 Å². The Labute approximate surface area is 100 Å². The molecule has 6 nitrogen and oxygen atoms in total. The van der Waals surface area contributed by atoms with E-state index in [9.17, 15) is 4.79 Å². The number of hydrogen-bond donors (Lipinski definition) is 1. The number of rotatable bonds is 3. The summed E-state index contributed by atoms with van der Waals surface area (Å²) in [5.41, 5.74) is 0. The summed E-state index contributed by atoms with van der Waals surface area (Å²) >= 11 is 0. The fraction of sp³-hybridized carbons (Fsp3) is 0.545. The van der Waals surface area contributed by atoms with Crippen molar-refractivity contribution in [2.45, 2.75) is 25.3 Å². The van der Waals surface area contributed by atoms with Crippen LogP contribution in [0.5, 0.6) is 0 Å². The summed E-state index contributed by atoms with van der Waals surface area (Å²) in [6.45, 7) is 5.27. The largest absolute Gasteiger partial charge is 0.353 e. The smallest absolute Gasteiger partial charge is 0.228 e. The minimum absolute atomic E-state index is 0.0172. The first-order chi connectivity index (χ1) is 8.29. The van der Waals surface area contributed by atoms with Crippen LogP contribution in [0, 0.1) is 6.92 Å². The van der Waals surface area contributed by atoms with Crippen molar-refractivity contribution in [1.82, 2.24) is 20.3 Å². The summed E-state index contributed by atoms with van der Waals surface area (Å²) in [6, 6.07) is 0.252. The zero-order valence-corrected chi connectivity index (χ0v) is 9.67. The van der Waals surface area contributed by atoms with Gasteiger partial charge in [0.1, 0.15) is 12.7 Å². The highest BCUT2D eigenvalue weighted by atomic mass is 16.1. The summed E-state index contributed by atoms with van der Waals surface area (Å²) in [4.78, 5) is 25.3. The third-order valence-electron chi connectivity index (χ3n) is 2.85. The Morgan fingerprint density at radius 3 is 2.65 bits per heavy atom. The van der Waals surface area contributed by atoms with Crippen LogP contribution in [0.3, 0.4) is 0 Å². The Morgan fingerprint density at radius 2 is 2.06 bits per heavy atom. The Kier molecular flexibility index (Phi) is 3.85. The van der Waals surface area contributed by atoms with Gasteiger partial charge in [-0.25, -0.2) is 15.0 Å². The quantitative estimate of drug-likeness (QED) is 0.808. The number of carbonyl (C=O) groups is 1. The first kappa shape index (κ1) is 11.8. The minimum atomic E-state index is 0.0172. The molecule has 0 atom stereocenters. The van der Waals surface area contributed by atoms with Gasteiger partial charge in [-0.2, -0.15) is 0 Å². The molecule has 0 unspecified atom stereocenters. The molecule has 2 rings (SSSR count). The number of piperidine rings is 1. The molecule has 6 heteroatoms. The van der Waals surface area contributed by atoms with Crippen molar-refractivity contribution in [2.75, 3.05) is 18.0 Å². The van der Waals surface area contributed by atoms with Crippen molar-refractivity contribution in [3.63, 3.8) is 0 Å². The van der Waals surface area contributed by atoms with E-state index >= 15 is 0 Å². The second-order valence-electron chi connectivity index (χ2n) is 4.02. The average Bonchev–Trinajstić information content (AvgIpc) is 2.40. The van der Waals surface area contributed by atoms with Gasteiger partial charge in [0.05, 0.1) is 0 Å². The van der Waals surface area contributed by atoms with Crippen LogP contribution in [0.2, 0.25) is 0 Å². The fourth-order valence-electron chi connectivity index (χ4n) is 1.92. The zero-order valence-electron chi connectivity index (χ0n) is 9.67. The molecule has 1 amide bonds. The van der Waals surface area contributed by atoms with E-state index in [0.29, 0.717) is 12.4 Å². The molecular formula is C11H16N5O. The number of aromatic nitrogens is 3. The third-order valence-corrected chi connectivity index (χ3v) is 2.85. The highest BCUT2D eigenvalue weighted by Gasteiger charge is 2.21. The number of nitrogens with one attached hydrogen (secondary N) is 1. The number of hydrogen-bond acceptors (Lipinski definition) is 5. The molecule has 0 spiro atoms. The molecule has 1 aromatic rings. The molecule has 0 bridgehead atoms. The standard InChI is InChI=1S/C11H16N5O/c1-2-10(17)15-9-3-5-16(6-4-9)11-13-7-12-8-14-11/h7-9H,1-6H2,(H,15,17). The average molecular weight is 234 g/mol. The fourth-order valence-corrected chi connectivity index (χ4v) is 1.92. The van der Waals surface area contributed by atoms with Crippen molar-refractivity contribution in [3.05, 3.63) is 19.6 Å². The lowest BCUT2D eigenvalue weighted by Gasteiger charge is -2.32. The highest BCUT2D eigenvalue weighted by molar-refractivity contribution is 5.76. The van der Waals surface area contributed by atoms with Gasteiger partial charge in [-0.15, -0.1) is 0 Å². The molecule has 91 valence electrons. The monoisotopic (exact) mass is 234 g/mol. The van der Waals surface area contributed by atoms with Crippen molar-refractivity contribution in [1.29, 1.82) is 0 Å². The van der Waals surface area contributed by atoms with Crippen LogP contribution in [-0.2, 0) is 4.79 Å². The maximum Gasteiger partial charge on any atom is 0.228 e.